The molecule has 0 spiro atoms. The van der Waals surface area contributed by atoms with Crippen molar-refractivity contribution in [3.05, 3.63) is 24.0 Å². The van der Waals surface area contributed by atoms with E-state index in [-0.39, 0.29) is 42.5 Å². The van der Waals surface area contributed by atoms with E-state index in [1.807, 2.05) is 20.8 Å². The normalized spacial score (nSPS) is 18.8. The molecule has 0 amide bonds. The predicted octanol–water partition coefficient (Wildman–Crippen LogP) is 3.34. The quantitative estimate of drug-likeness (QED) is 0.229. The van der Waals surface area contributed by atoms with Crippen LogP contribution in [0.15, 0.2) is 29.1 Å². The summed E-state index contributed by atoms with van der Waals surface area (Å²) in [5, 5.41) is 14.2. The molecule has 134 valence electrons. The van der Waals surface area contributed by atoms with Gasteiger partial charge in [0.05, 0.1) is 23.8 Å². The minimum absolute atomic E-state index is 0.0144. The minimum atomic E-state index is -0.642. The monoisotopic (exact) mass is 337 g/mol. The molecule has 0 saturated heterocycles. The van der Waals surface area contributed by atoms with Gasteiger partial charge in [-0.25, -0.2) is 0 Å². The van der Waals surface area contributed by atoms with Crippen molar-refractivity contribution in [2.24, 2.45) is 17.0 Å². The summed E-state index contributed by atoms with van der Waals surface area (Å²) in [5.74, 6) is -1.29. The molecule has 1 unspecified atom stereocenters. The van der Waals surface area contributed by atoms with Crippen molar-refractivity contribution in [2.75, 3.05) is 13.2 Å². The Balaban J connectivity index is 2.90. The number of rotatable bonds is 9. The molecule has 0 aromatic carbocycles. The van der Waals surface area contributed by atoms with E-state index >= 15 is 0 Å². The van der Waals surface area contributed by atoms with Crippen LogP contribution in [-0.4, -0.2) is 35.8 Å². The molecule has 0 aliphatic heterocycles. The fraction of sp³-hybridized carbons (Fsp3) is 0.611. The van der Waals surface area contributed by atoms with Gasteiger partial charge in [-0.1, -0.05) is 45.0 Å². The van der Waals surface area contributed by atoms with Crippen LogP contribution in [0.25, 0.3) is 0 Å². The molecule has 1 aliphatic rings. The number of Topliss-reactive ketones (excluding diaryl/α,β-unsaturated/α-hetero) is 1. The Morgan fingerprint density at radius 3 is 2.71 bits per heavy atom. The third-order valence-corrected chi connectivity index (χ3v) is 3.47. The molecule has 0 aromatic heterocycles. The number of aliphatic hydroxyl groups excluding tert-OH is 1. The van der Waals surface area contributed by atoms with Crippen LogP contribution in [0, 0.1) is 11.8 Å². The van der Waals surface area contributed by atoms with Crippen molar-refractivity contribution in [3.8, 4) is 0 Å². The Morgan fingerprint density at radius 2 is 2.17 bits per heavy atom. The van der Waals surface area contributed by atoms with Crippen molar-refractivity contribution < 1.29 is 24.3 Å². The van der Waals surface area contributed by atoms with Gasteiger partial charge >= 0.3 is 5.97 Å². The lowest BCUT2D eigenvalue weighted by Gasteiger charge is -2.23. The smallest absolute Gasteiger partial charge is 0.309 e. The van der Waals surface area contributed by atoms with E-state index < -0.39 is 11.9 Å². The number of nitrogens with zero attached hydrogens (tertiary/aromatic N) is 1. The highest BCUT2D eigenvalue weighted by atomic mass is 16.6. The van der Waals surface area contributed by atoms with Gasteiger partial charge in [-0.2, -0.15) is 0 Å². The largest absolute Gasteiger partial charge is 0.511 e. The number of ether oxygens (including phenoxy) is 1. The van der Waals surface area contributed by atoms with Crippen LogP contribution in [0.3, 0.4) is 0 Å². The molecule has 0 aromatic rings. The van der Waals surface area contributed by atoms with E-state index in [0.717, 1.165) is 6.42 Å². The minimum Gasteiger partial charge on any atom is -0.511 e. The van der Waals surface area contributed by atoms with Gasteiger partial charge in [0, 0.05) is 12.8 Å². The average Bonchev–Trinajstić information content (AvgIpc) is 2.52. The van der Waals surface area contributed by atoms with Crippen LogP contribution in [0.4, 0.5) is 0 Å². The van der Waals surface area contributed by atoms with Gasteiger partial charge in [-0.05, 0) is 12.3 Å². The first-order valence-corrected chi connectivity index (χ1v) is 8.32. The zero-order valence-corrected chi connectivity index (χ0v) is 14.7. The van der Waals surface area contributed by atoms with Crippen molar-refractivity contribution in [1.82, 2.24) is 0 Å². The SMILES string of the molecule is C=CCON=C(CCC)C1=C(O)CC(C(=O)OCC(C)C)CC1=O. The van der Waals surface area contributed by atoms with E-state index in [1.54, 1.807) is 6.08 Å². The van der Waals surface area contributed by atoms with Crippen LogP contribution >= 0.6 is 0 Å². The van der Waals surface area contributed by atoms with Crippen LogP contribution in [0.2, 0.25) is 0 Å². The molecule has 1 N–H and O–H groups in total. The standard InChI is InChI=1S/C18H27NO5/c1-5-7-14(19-24-8-6-2)17-15(20)9-13(10-16(17)21)18(22)23-11-12(3)4/h6,12-13,20H,2,5,7-11H2,1,3-4H3. The molecule has 0 radical (unpaired) electrons. The third kappa shape index (κ3) is 5.83. The summed E-state index contributed by atoms with van der Waals surface area (Å²) in [7, 11) is 0. The Bertz CT molecular complexity index is 534. The lowest BCUT2D eigenvalue weighted by Crippen LogP contribution is -2.30. The number of carbonyl (C=O) groups excluding carboxylic acids is 2. The van der Waals surface area contributed by atoms with E-state index in [9.17, 15) is 14.7 Å². The summed E-state index contributed by atoms with van der Waals surface area (Å²) >= 11 is 0. The molecule has 0 bridgehead atoms. The molecule has 24 heavy (non-hydrogen) atoms. The van der Waals surface area contributed by atoms with Crippen LogP contribution < -0.4 is 0 Å². The summed E-state index contributed by atoms with van der Waals surface area (Å²) in [6.45, 7) is 9.87. The van der Waals surface area contributed by atoms with Gasteiger partial charge in [0.25, 0.3) is 0 Å². The lowest BCUT2D eigenvalue weighted by atomic mass is 9.84. The summed E-state index contributed by atoms with van der Waals surface area (Å²) < 4.78 is 5.17. The second-order valence-corrected chi connectivity index (χ2v) is 6.25. The zero-order chi connectivity index (χ0) is 18.1. The van der Waals surface area contributed by atoms with Gasteiger partial charge in [0.1, 0.15) is 12.4 Å². The Labute approximate surface area is 143 Å². The first-order valence-electron chi connectivity index (χ1n) is 8.32. The highest BCUT2D eigenvalue weighted by molar-refractivity contribution is 6.23. The Hall–Kier alpha value is -2.11. The van der Waals surface area contributed by atoms with E-state index in [4.69, 9.17) is 9.57 Å². The fourth-order valence-corrected chi connectivity index (χ4v) is 2.38. The number of hydrogen-bond acceptors (Lipinski definition) is 6. The molecule has 0 heterocycles. The number of esters is 1. The fourth-order valence-electron chi connectivity index (χ4n) is 2.38. The molecule has 0 saturated carbocycles. The number of oxime groups is 1. The van der Waals surface area contributed by atoms with Crippen molar-refractivity contribution in [1.29, 1.82) is 0 Å². The summed E-state index contributed by atoms with van der Waals surface area (Å²) in [6.07, 6.45) is 2.90. The maximum absolute atomic E-state index is 12.4. The topological polar surface area (TPSA) is 85.2 Å². The van der Waals surface area contributed by atoms with Crippen molar-refractivity contribution >= 4 is 17.5 Å². The Morgan fingerprint density at radius 1 is 1.46 bits per heavy atom. The highest BCUT2D eigenvalue weighted by Gasteiger charge is 2.35. The van der Waals surface area contributed by atoms with Crippen LogP contribution in [-0.2, 0) is 19.2 Å². The van der Waals surface area contributed by atoms with Gasteiger partial charge in [0.2, 0.25) is 0 Å². The van der Waals surface area contributed by atoms with Gasteiger partial charge in [-0.15, -0.1) is 0 Å². The van der Waals surface area contributed by atoms with E-state index in [0.29, 0.717) is 18.7 Å². The maximum atomic E-state index is 12.4. The molecule has 6 nitrogen and oxygen atoms in total. The lowest BCUT2D eigenvalue weighted by molar-refractivity contribution is -0.151. The summed E-state index contributed by atoms with van der Waals surface area (Å²) in [6, 6.07) is 0. The molecular formula is C18H27NO5. The molecular weight excluding hydrogens is 310 g/mol. The summed E-state index contributed by atoms with van der Waals surface area (Å²) in [5.41, 5.74) is 0.588. The van der Waals surface area contributed by atoms with E-state index in [1.165, 1.54) is 0 Å². The van der Waals surface area contributed by atoms with Crippen LogP contribution in [0.1, 0.15) is 46.5 Å². The second-order valence-electron chi connectivity index (χ2n) is 6.25. The number of ketones is 1. The zero-order valence-electron chi connectivity index (χ0n) is 14.7. The molecule has 1 aliphatic carbocycles. The number of allylic oxidation sites excluding steroid dienone is 2. The average molecular weight is 337 g/mol. The van der Waals surface area contributed by atoms with Gasteiger partial charge < -0.3 is 14.7 Å². The van der Waals surface area contributed by atoms with E-state index in [2.05, 4.69) is 11.7 Å². The maximum Gasteiger partial charge on any atom is 0.309 e. The molecule has 1 atom stereocenters. The molecule has 1 rings (SSSR count). The van der Waals surface area contributed by atoms with Crippen LogP contribution in [0.5, 0.6) is 0 Å². The molecule has 0 fully saturated rings. The number of hydrogen-bond donors (Lipinski definition) is 1. The Kier molecular flexibility index (Phi) is 8.22. The first-order chi connectivity index (χ1) is 11.4. The highest BCUT2D eigenvalue weighted by Crippen LogP contribution is 2.28. The number of carbonyl (C=O) groups is 2. The predicted molar refractivity (Wildman–Crippen MR) is 91.7 cm³/mol. The second kappa shape index (κ2) is 9.90. The van der Waals surface area contributed by atoms with Crippen molar-refractivity contribution in [2.45, 2.75) is 46.5 Å². The number of aliphatic hydroxyl groups is 1. The van der Waals surface area contributed by atoms with Gasteiger partial charge in [-0.3, -0.25) is 9.59 Å². The first kappa shape index (κ1) is 19.9. The van der Waals surface area contributed by atoms with Crippen molar-refractivity contribution in [3.63, 3.8) is 0 Å². The third-order valence-electron chi connectivity index (χ3n) is 3.47. The molecule has 6 heteroatoms. The summed E-state index contributed by atoms with van der Waals surface area (Å²) in [4.78, 5) is 29.5. The van der Waals surface area contributed by atoms with Gasteiger partial charge in [0.15, 0.2) is 5.78 Å².